The molecule has 92 valence electrons. The van der Waals surface area contributed by atoms with Gasteiger partial charge in [0.15, 0.2) is 5.78 Å². The molecule has 4 heteroatoms. The minimum atomic E-state index is -0.179. The number of carbonyl (C=O) groups is 1. The van der Waals surface area contributed by atoms with Crippen LogP contribution in [0.2, 0.25) is 0 Å². The van der Waals surface area contributed by atoms with Gasteiger partial charge < -0.3 is 0 Å². The average molecular weight is 242 g/mol. The second-order valence-corrected chi connectivity index (χ2v) is 4.08. The first-order valence-electron chi connectivity index (χ1n) is 5.80. The van der Waals surface area contributed by atoms with Crippen LogP contribution >= 0.6 is 0 Å². The fourth-order valence-corrected chi connectivity index (χ4v) is 1.69. The molecular weight excluding hydrogens is 228 g/mol. The van der Waals surface area contributed by atoms with Crippen LogP contribution in [0, 0.1) is 6.92 Å². The maximum atomic E-state index is 11.9. The van der Waals surface area contributed by atoms with E-state index in [0.717, 1.165) is 5.69 Å². The maximum Gasteiger partial charge on any atom is 0.266 e. The first-order chi connectivity index (χ1) is 8.66. The van der Waals surface area contributed by atoms with Crippen molar-refractivity contribution in [2.75, 3.05) is 0 Å². The summed E-state index contributed by atoms with van der Waals surface area (Å²) < 4.78 is 1.33. The Hall–Kier alpha value is -2.23. The normalized spacial score (nSPS) is 10.3. The van der Waals surface area contributed by atoms with E-state index >= 15 is 0 Å². The van der Waals surface area contributed by atoms with Gasteiger partial charge in [-0.05, 0) is 13.0 Å². The molecule has 2 rings (SSSR count). The second kappa shape index (κ2) is 5.40. The van der Waals surface area contributed by atoms with Crippen molar-refractivity contribution in [3.63, 3.8) is 0 Å². The molecule has 1 aromatic heterocycles. The highest BCUT2D eigenvalue weighted by atomic mass is 16.1. The Morgan fingerprint density at radius 3 is 2.61 bits per heavy atom. The van der Waals surface area contributed by atoms with Crippen LogP contribution < -0.4 is 5.56 Å². The molecule has 0 atom stereocenters. The molecule has 0 amide bonds. The quantitative estimate of drug-likeness (QED) is 0.768. The molecule has 1 heterocycles. The minimum Gasteiger partial charge on any atom is -0.294 e. The first-order valence-corrected chi connectivity index (χ1v) is 5.80. The van der Waals surface area contributed by atoms with Gasteiger partial charge in [0.05, 0.1) is 12.2 Å². The van der Waals surface area contributed by atoms with Gasteiger partial charge in [-0.15, -0.1) is 0 Å². The van der Waals surface area contributed by atoms with Crippen LogP contribution in [0.15, 0.2) is 47.3 Å². The minimum absolute atomic E-state index is 0.0193. The number of benzene rings is 1. The summed E-state index contributed by atoms with van der Waals surface area (Å²) in [6.07, 6.45) is 0.278. The Morgan fingerprint density at radius 1 is 1.17 bits per heavy atom. The van der Waals surface area contributed by atoms with Gasteiger partial charge in [0.25, 0.3) is 5.56 Å². The van der Waals surface area contributed by atoms with Crippen molar-refractivity contribution in [1.82, 2.24) is 9.78 Å². The van der Waals surface area contributed by atoms with E-state index < -0.39 is 0 Å². The van der Waals surface area contributed by atoms with Crippen LogP contribution in [0.3, 0.4) is 0 Å². The summed E-state index contributed by atoms with van der Waals surface area (Å²) in [5.74, 6) is 0.0193. The van der Waals surface area contributed by atoms with E-state index in [-0.39, 0.29) is 17.8 Å². The number of hydrogen-bond acceptors (Lipinski definition) is 3. The van der Waals surface area contributed by atoms with E-state index in [0.29, 0.717) is 12.1 Å². The predicted octanol–water partition coefficient (Wildman–Crippen LogP) is 1.82. The van der Waals surface area contributed by atoms with Gasteiger partial charge in [-0.3, -0.25) is 9.59 Å². The van der Waals surface area contributed by atoms with Crippen LogP contribution in [0.1, 0.15) is 22.5 Å². The topological polar surface area (TPSA) is 52.0 Å². The molecule has 0 saturated heterocycles. The largest absolute Gasteiger partial charge is 0.294 e. The molecule has 0 spiro atoms. The lowest BCUT2D eigenvalue weighted by atomic mass is 10.1. The van der Waals surface area contributed by atoms with Crippen LogP contribution in [-0.4, -0.2) is 15.6 Å². The Bertz CT molecular complexity index is 603. The molecule has 0 aliphatic heterocycles. The Labute approximate surface area is 105 Å². The lowest BCUT2D eigenvalue weighted by Crippen LogP contribution is -2.23. The maximum absolute atomic E-state index is 11.9. The molecular formula is C14H14N2O2. The molecule has 0 fully saturated rings. The number of ketones is 1. The first kappa shape index (κ1) is 12.2. The third kappa shape index (κ3) is 2.91. The fourth-order valence-electron chi connectivity index (χ4n) is 1.69. The average Bonchev–Trinajstić information content (AvgIpc) is 2.40. The number of rotatable bonds is 4. The molecule has 0 unspecified atom stereocenters. The van der Waals surface area contributed by atoms with E-state index in [2.05, 4.69) is 5.10 Å². The molecule has 0 aliphatic rings. The molecule has 0 radical (unpaired) electrons. The van der Waals surface area contributed by atoms with Crippen molar-refractivity contribution >= 4 is 5.78 Å². The number of carbonyl (C=O) groups excluding carboxylic acids is 1. The van der Waals surface area contributed by atoms with E-state index in [1.807, 2.05) is 25.1 Å². The van der Waals surface area contributed by atoms with Gasteiger partial charge in [-0.1, -0.05) is 30.3 Å². The zero-order valence-electron chi connectivity index (χ0n) is 10.2. The molecule has 18 heavy (non-hydrogen) atoms. The van der Waals surface area contributed by atoms with Gasteiger partial charge in [-0.25, -0.2) is 4.68 Å². The van der Waals surface area contributed by atoms with Gasteiger partial charge in [0, 0.05) is 18.1 Å². The van der Waals surface area contributed by atoms with Crippen molar-refractivity contribution in [3.05, 3.63) is 64.1 Å². The molecule has 4 nitrogen and oxygen atoms in total. The molecule has 0 saturated carbocycles. The Morgan fingerprint density at radius 2 is 1.89 bits per heavy atom. The smallest absolute Gasteiger partial charge is 0.266 e. The summed E-state index contributed by atoms with van der Waals surface area (Å²) in [5.41, 5.74) is 1.25. The van der Waals surface area contributed by atoms with Crippen LogP contribution in [0.5, 0.6) is 0 Å². The highest BCUT2D eigenvalue weighted by Crippen LogP contribution is 2.03. The van der Waals surface area contributed by atoms with Gasteiger partial charge in [-0.2, -0.15) is 5.10 Å². The summed E-state index contributed by atoms with van der Waals surface area (Å²) in [6.45, 7) is 2.13. The molecule has 0 aliphatic carbocycles. The summed E-state index contributed by atoms with van der Waals surface area (Å²) >= 11 is 0. The molecule has 0 bridgehead atoms. The SMILES string of the molecule is Cc1ccc(=O)n(CCC(=O)c2ccccc2)n1. The van der Waals surface area contributed by atoms with Crippen molar-refractivity contribution < 1.29 is 4.79 Å². The third-order valence-corrected chi connectivity index (χ3v) is 2.65. The lowest BCUT2D eigenvalue weighted by Gasteiger charge is -2.04. The number of aryl methyl sites for hydroxylation is 2. The number of aromatic nitrogens is 2. The molecule has 2 aromatic rings. The van der Waals surface area contributed by atoms with Crippen molar-refractivity contribution in [2.45, 2.75) is 19.9 Å². The van der Waals surface area contributed by atoms with E-state index in [1.54, 1.807) is 18.2 Å². The second-order valence-electron chi connectivity index (χ2n) is 4.08. The van der Waals surface area contributed by atoms with Crippen LogP contribution in [-0.2, 0) is 6.54 Å². The van der Waals surface area contributed by atoms with Crippen molar-refractivity contribution in [3.8, 4) is 0 Å². The van der Waals surface area contributed by atoms with E-state index in [4.69, 9.17) is 0 Å². The summed E-state index contributed by atoms with van der Waals surface area (Å²) in [6, 6.07) is 12.2. The fraction of sp³-hybridized carbons (Fsp3) is 0.214. The van der Waals surface area contributed by atoms with Crippen molar-refractivity contribution in [2.24, 2.45) is 0 Å². The molecule has 0 N–H and O–H groups in total. The summed E-state index contributed by atoms with van der Waals surface area (Å²) in [5, 5.41) is 4.09. The third-order valence-electron chi connectivity index (χ3n) is 2.65. The predicted molar refractivity (Wildman–Crippen MR) is 68.6 cm³/mol. The van der Waals surface area contributed by atoms with E-state index in [1.165, 1.54) is 10.7 Å². The number of hydrogen-bond donors (Lipinski definition) is 0. The van der Waals surface area contributed by atoms with Crippen LogP contribution in [0.25, 0.3) is 0 Å². The zero-order valence-corrected chi connectivity index (χ0v) is 10.2. The Kier molecular flexibility index (Phi) is 3.67. The van der Waals surface area contributed by atoms with Gasteiger partial charge >= 0.3 is 0 Å². The lowest BCUT2D eigenvalue weighted by molar-refractivity contribution is 0.0975. The summed E-state index contributed by atoms with van der Waals surface area (Å²) in [4.78, 5) is 23.4. The van der Waals surface area contributed by atoms with Crippen LogP contribution in [0.4, 0.5) is 0 Å². The number of Topliss-reactive ketones (excluding diaryl/α,β-unsaturated/α-hetero) is 1. The Balaban J connectivity index is 2.06. The van der Waals surface area contributed by atoms with Crippen molar-refractivity contribution in [1.29, 1.82) is 0 Å². The van der Waals surface area contributed by atoms with E-state index in [9.17, 15) is 9.59 Å². The van der Waals surface area contributed by atoms with Gasteiger partial charge in [0.2, 0.25) is 0 Å². The van der Waals surface area contributed by atoms with Gasteiger partial charge in [0.1, 0.15) is 0 Å². The highest BCUT2D eigenvalue weighted by molar-refractivity contribution is 5.95. The highest BCUT2D eigenvalue weighted by Gasteiger charge is 2.06. The zero-order chi connectivity index (χ0) is 13.0. The number of nitrogens with zero attached hydrogens (tertiary/aromatic N) is 2. The summed E-state index contributed by atoms with van der Waals surface area (Å²) in [7, 11) is 0. The standard InChI is InChI=1S/C14H14N2O2/c1-11-7-8-14(18)16(15-11)10-9-13(17)12-5-3-2-4-6-12/h2-8H,9-10H2,1H3. The monoisotopic (exact) mass is 242 g/mol. The molecule has 1 aromatic carbocycles.